The number of rotatable bonds is 4. The molecular formula is C23H19N3O4. The SMILES string of the molecule is CC1=C(C(=O)O)C(c2cccc([N+](=O)[O-])c2)C(c2ccc3ccccc3n2)=C(C)N1. The maximum absolute atomic E-state index is 12.2. The molecule has 0 radical (unpaired) electrons. The van der Waals surface area contributed by atoms with E-state index in [9.17, 15) is 20.0 Å². The van der Waals surface area contributed by atoms with E-state index in [-0.39, 0.29) is 11.3 Å². The summed E-state index contributed by atoms with van der Waals surface area (Å²) >= 11 is 0. The molecule has 1 aromatic heterocycles. The molecule has 0 spiro atoms. The summed E-state index contributed by atoms with van der Waals surface area (Å²) in [5.41, 5.74) is 3.95. The van der Waals surface area contributed by atoms with Gasteiger partial charge in [0.15, 0.2) is 0 Å². The summed E-state index contributed by atoms with van der Waals surface area (Å²) in [4.78, 5) is 27.8. The Hall–Kier alpha value is -4.00. The molecule has 0 saturated carbocycles. The largest absolute Gasteiger partial charge is 0.478 e. The number of para-hydroxylation sites is 1. The first-order chi connectivity index (χ1) is 14.4. The van der Waals surface area contributed by atoms with Crippen molar-refractivity contribution in [1.29, 1.82) is 0 Å². The molecule has 0 amide bonds. The molecule has 1 aliphatic heterocycles. The second-order valence-electron chi connectivity index (χ2n) is 7.18. The number of aromatic nitrogens is 1. The number of carbonyl (C=O) groups is 1. The number of nitro benzene ring substituents is 1. The van der Waals surface area contributed by atoms with Crippen molar-refractivity contribution in [2.24, 2.45) is 0 Å². The summed E-state index contributed by atoms with van der Waals surface area (Å²) in [5.74, 6) is -1.78. The smallest absolute Gasteiger partial charge is 0.334 e. The van der Waals surface area contributed by atoms with E-state index in [0.717, 1.165) is 16.6 Å². The summed E-state index contributed by atoms with van der Waals surface area (Å²) < 4.78 is 0. The van der Waals surface area contributed by atoms with Crippen LogP contribution in [0.3, 0.4) is 0 Å². The Morgan fingerprint density at radius 2 is 1.83 bits per heavy atom. The predicted octanol–water partition coefficient (Wildman–Crippen LogP) is 4.62. The number of nitro groups is 1. The van der Waals surface area contributed by atoms with Crippen LogP contribution in [0.4, 0.5) is 5.69 Å². The van der Waals surface area contributed by atoms with Crippen LogP contribution in [0.2, 0.25) is 0 Å². The Bertz CT molecular complexity index is 1260. The Balaban J connectivity index is 1.96. The van der Waals surface area contributed by atoms with Crippen molar-refractivity contribution in [3.8, 4) is 0 Å². The second kappa shape index (κ2) is 7.44. The van der Waals surface area contributed by atoms with E-state index < -0.39 is 16.8 Å². The zero-order chi connectivity index (χ0) is 21.4. The number of aliphatic carboxylic acids is 1. The fraction of sp³-hybridized carbons (Fsp3) is 0.130. The van der Waals surface area contributed by atoms with Crippen molar-refractivity contribution in [2.75, 3.05) is 0 Å². The third-order valence-electron chi connectivity index (χ3n) is 5.28. The van der Waals surface area contributed by atoms with Gasteiger partial charge in [0.25, 0.3) is 5.69 Å². The number of pyridine rings is 1. The molecule has 7 heteroatoms. The number of benzene rings is 2. The molecule has 30 heavy (non-hydrogen) atoms. The van der Waals surface area contributed by atoms with Crippen LogP contribution in [-0.2, 0) is 4.79 Å². The number of non-ortho nitro benzene ring substituents is 1. The van der Waals surface area contributed by atoms with Gasteiger partial charge in [0, 0.05) is 40.4 Å². The van der Waals surface area contributed by atoms with Gasteiger partial charge in [-0.15, -0.1) is 0 Å². The average Bonchev–Trinajstić information content (AvgIpc) is 2.72. The normalized spacial score (nSPS) is 16.5. The first kappa shape index (κ1) is 19.3. The van der Waals surface area contributed by atoms with Crippen molar-refractivity contribution in [1.82, 2.24) is 10.3 Å². The highest BCUT2D eigenvalue weighted by molar-refractivity contribution is 5.96. The van der Waals surface area contributed by atoms with Gasteiger partial charge in [-0.1, -0.05) is 36.4 Å². The van der Waals surface area contributed by atoms with E-state index in [2.05, 4.69) is 5.32 Å². The van der Waals surface area contributed by atoms with Gasteiger partial charge in [-0.05, 0) is 31.5 Å². The molecule has 2 aromatic carbocycles. The third kappa shape index (κ3) is 3.30. The molecule has 4 rings (SSSR count). The minimum absolute atomic E-state index is 0.0862. The summed E-state index contributed by atoms with van der Waals surface area (Å²) in [5, 5.41) is 25.4. The molecule has 0 fully saturated rings. The maximum Gasteiger partial charge on any atom is 0.334 e. The predicted molar refractivity (Wildman–Crippen MR) is 114 cm³/mol. The van der Waals surface area contributed by atoms with Gasteiger partial charge in [-0.2, -0.15) is 0 Å². The van der Waals surface area contributed by atoms with Crippen LogP contribution >= 0.6 is 0 Å². The lowest BCUT2D eigenvalue weighted by Crippen LogP contribution is -2.27. The lowest BCUT2D eigenvalue weighted by Gasteiger charge is -2.30. The molecule has 0 aliphatic carbocycles. The first-order valence-electron chi connectivity index (χ1n) is 9.39. The highest BCUT2D eigenvalue weighted by Gasteiger charge is 2.35. The van der Waals surface area contributed by atoms with Crippen molar-refractivity contribution < 1.29 is 14.8 Å². The number of nitrogens with zero attached hydrogens (tertiary/aromatic N) is 2. The number of nitrogens with one attached hydrogen (secondary N) is 1. The highest BCUT2D eigenvalue weighted by Crippen LogP contribution is 2.43. The van der Waals surface area contributed by atoms with Crippen LogP contribution in [0.5, 0.6) is 0 Å². The Morgan fingerprint density at radius 1 is 1.07 bits per heavy atom. The summed E-state index contributed by atoms with van der Waals surface area (Å²) in [6, 6.07) is 17.6. The summed E-state index contributed by atoms with van der Waals surface area (Å²) in [7, 11) is 0. The monoisotopic (exact) mass is 401 g/mol. The minimum Gasteiger partial charge on any atom is -0.478 e. The number of allylic oxidation sites excluding steroid dienone is 3. The van der Waals surface area contributed by atoms with E-state index in [1.54, 1.807) is 19.1 Å². The van der Waals surface area contributed by atoms with E-state index in [1.807, 2.05) is 43.3 Å². The van der Waals surface area contributed by atoms with Gasteiger partial charge < -0.3 is 10.4 Å². The molecule has 3 aromatic rings. The van der Waals surface area contributed by atoms with Crippen LogP contribution in [-0.4, -0.2) is 21.0 Å². The van der Waals surface area contributed by atoms with Gasteiger partial charge in [0.2, 0.25) is 0 Å². The fourth-order valence-corrected chi connectivity index (χ4v) is 3.98. The lowest BCUT2D eigenvalue weighted by atomic mass is 9.79. The lowest BCUT2D eigenvalue weighted by molar-refractivity contribution is -0.384. The van der Waals surface area contributed by atoms with Crippen LogP contribution in [0.25, 0.3) is 16.5 Å². The minimum atomic E-state index is -1.08. The Labute approximate surface area is 172 Å². The van der Waals surface area contributed by atoms with Crippen molar-refractivity contribution in [3.63, 3.8) is 0 Å². The number of carboxylic acid groups (broad SMARTS) is 1. The third-order valence-corrected chi connectivity index (χ3v) is 5.28. The number of hydrogen-bond acceptors (Lipinski definition) is 5. The van der Waals surface area contributed by atoms with E-state index in [4.69, 9.17) is 4.98 Å². The maximum atomic E-state index is 12.2. The molecule has 150 valence electrons. The van der Waals surface area contributed by atoms with Crippen LogP contribution in [0, 0.1) is 10.1 Å². The molecule has 2 N–H and O–H groups in total. The van der Waals surface area contributed by atoms with Gasteiger partial charge >= 0.3 is 5.97 Å². The highest BCUT2D eigenvalue weighted by atomic mass is 16.6. The van der Waals surface area contributed by atoms with Crippen molar-refractivity contribution in [2.45, 2.75) is 19.8 Å². The van der Waals surface area contributed by atoms with Crippen molar-refractivity contribution >= 4 is 28.1 Å². The van der Waals surface area contributed by atoms with Gasteiger partial charge in [-0.25, -0.2) is 9.78 Å². The molecule has 1 aliphatic rings. The molecule has 7 nitrogen and oxygen atoms in total. The van der Waals surface area contributed by atoms with E-state index in [1.165, 1.54) is 12.1 Å². The van der Waals surface area contributed by atoms with Crippen molar-refractivity contribution in [3.05, 3.63) is 99.0 Å². The molecule has 2 heterocycles. The molecule has 1 atom stereocenters. The number of hydrogen-bond donors (Lipinski definition) is 2. The standard InChI is InChI=1S/C23H19N3O4/c1-13-20(19-11-10-15-6-3-4-9-18(15)25-19)22(21(23(27)28)14(2)24-13)16-7-5-8-17(12-16)26(29)30/h3-12,22,24H,1-2H3,(H,27,28). The second-order valence-corrected chi connectivity index (χ2v) is 7.18. The van der Waals surface area contributed by atoms with Crippen LogP contribution in [0.1, 0.15) is 31.0 Å². The Morgan fingerprint density at radius 3 is 2.57 bits per heavy atom. The average molecular weight is 401 g/mol. The topological polar surface area (TPSA) is 105 Å². The quantitative estimate of drug-likeness (QED) is 0.488. The van der Waals surface area contributed by atoms with Gasteiger partial charge in [0.05, 0.1) is 21.7 Å². The van der Waals surface area contributed by atoms with Gasteiger partial charge in [-0.3, -0.25) is 10.1 Å². The van der Waals surface area contributed by atoms with E-state index >= 15 is 0 Å². The fourth-order valence-electron chi connectivity index (χ4n) is 3.98. The zero-order valence-electron chi connectivity index (χ0n) is 16.4. The zero-order valence-corrected chi connectivity index (χ0v) is 16.4. The van der Waals surface area contributed by atoms with Crippen LogP contribution < -0.4 is 5.32 Å². The van der Waals surface area contributed by atoms with Gasteiger partial charge in [0.1, 0.15) is 0 Å². The van der Waals surface area contributed by atoms with E-state index in [0.29, 0.717) is 22.5 Å². The first-order valence-corrected chi connectivity index (χ1v) is 9.39. The molecule has 1 unspecified atom stereocenters. The number of fused-ring (bicyclic) bond motifs is 1. The summed E-state index contributed by atoms with van der Waals surface area (Å²) in [6.07, 6.45) is 0. The Kier molecular flexibility index (Phi) is 4.79. The number of carboxylic acids is 1. The molecule has 0 bridgehead atoms. The molecular weight excluding hydrogens is 382 g/mol. The van der Waals surface area contributed by atoms with Crippen LogP contribution in [0.15, 0.2) is 77.6 Å². The molecule has 0 saturated heterocycles. The summed E-state index contributed by atoms with van der Waals surface area (Å²) in [6.45, 7) is 3.56. The number of dihydropyridines is 1.